The first-order chi connectivity index (χ1) is 5.88. The Kier molecular flexibility index (Phi) is 4.62. The van der Waals surface area contributed by atoms with Crippen molar-refractivity contribution in [1.29, 1.82) is 0 Å². The summed E-state index contributed by atoms with van der Waals surface area (Å²) in [5, 5.41) is 0. The van der Waals surface area contributed by atoms with Crippen LogP contribution in [0.1, 0.15) is 39.0 Å². The lowest BCUT2D eigenvalue weighted by atomic mass is 9.94. The molecular formula is C10H22N2. The first kappa shape index (κ1) is 10.0. The fraction of sp³-hybridized carbons (Fsp3) is 1.00. The molecular weight excluding hydrogens is 148 g/mol. The zero-order valence-electron chi connectivity index (χ0n) is 8.26. The maximum Gasteiger partial charge on any atom is 0.0107 e. The summed E-state index contributed by atoms with van der Waals surface area (Å²) in [6.07, 6.45) is 7.08. The maximum atomic E-state index is 5.57. The lowest BCUT2D eigenvalue weighted by molar-refractivity contribution is 0.168. The van der Waals surface area contributed by atoms with E-state index in [0.717, 1.165) is 19.1 Å². The van der Waals surface area contributed by atoms with Gasteiger partial charge in [-0.25, -0.2) is 0 Å². The molecule has 0 unspecified atom stereocenters. The summed E-state index contributed by atoms with van der Waals surface area (Å²) >= 11 is 0. The van der Waals surface area contributed by atoms with Gasteiger partial charge in [-0.1, -0.05) is 26.2 Å². The molecule has 0 bridgehead atoms. The minimum absolute atomic E-state index is 0.810. The minimum Gasteiger partial charge on any atom is -0.329 e. The van der Waals surface area contributed by atoms with E-state index in [0.29, 0.717) is 0 Å². The van der Waals surface area contributed by atoms with Gasteiger partial charge in [0.1, 0.15) is 0 Å². The van der Waals surface area contributed by atoms with Crippen molar-refractivity contribution in [2.45, 2.75) is 45.1 Å². The summed E-state index contributed by atoms with van der Waals surface area (Å²) in [6.45, 7) is 5.30. The van der Waals surface area contributed by atoms with Crippen molar-refractivity contribution in [2.24, 2.45) is 5.73 Å². The molecule has 0 heterocycles. The normalized spacial score (nSPS) is 20.2. The van der Waals surface area contributed by atoms with E-state index < -0.39 is 0 Å². The Hall–Kier alpha value is -0.0800. The highest BCUT2D eigenvalue weighted by Gasteiger charge is 2.18. The summed E-state index contributed by atoms with van der Waals surface area (Å²) in [7, 11) is 0. The van der Waals surface area contributed by atoms with Crippen LogP contribution in [-0.2, 0) is 0 Å². The van der Waals surface area contributed by atoms with E-state index >= 15 is 0 Å². The van der Waals surface area contributed by atoms with Gasteiger partial charge in [0.2, 0.25) is 0 Å². The van der Waals surface area contributed by atoms with Gasteiger partial charge < -0.3 is 5.73 Å². The Balaban J connectivity index is 2.29. The molecule has 12 heavy (non-hydrogen) atoms. The second kappa shape index (κ2) is 5.55. The Morgan fingerprint density at radius 2 is 1.92 bits per heavy atom. The standard InChI is InChI=1S/C10H22N2/c1-2-12(9-8-11)10-6-4-3-5-7-10/h10H,2-9,11H2,1H3. The number of nitrogens with two attached hydrogens (primary N) is 1. The Bertz CT molecular complexity index is 106. The maximum absolute atomic E-state index is 5.57. The van der Waals surface area contributed by atoms with Crippen LogP contribution in [0.15, 0.2) is 0 Å². The zero-order valence-corrected chi connectivity index (χ0v) is 8.26. The number of likely N-dealkylation sites (N-methyl/N-ethyl adjacent to an activating group) is 1. The molecule has 1 aliphatic rings. The van der Waals surface area contributed by atoms with E-state index in [-0.39, 0.29) is 0 Å². The molecule has 2 N–H and O–H groups in total. The lowest BCUT2D eigenvalue weighted by Gasteiger charge is -2.33. The van der Waals surface area contributed by atoms with E-state index in [1.54, 1.807) is 0 Å². The molecule has 0 radical (unpaired) electrons. The third-order valence-electron chi connectivity index (χ3n) is 2.91. The van der Waals surface area contributed by atoms with Gasteiger partial charge in [-0.3, -0.25) is 4.90 Å². The summed E-state index contributed by atoms with van der Waals surface area (Å²) in [5.74, 6) is 0. The molecule has 1 aliphatic carbocycles. The minimum atomic E-state index is 0.810. The van der Waals surface area contributed by atoms with Crippen molar-refractivity contribution in [3.63, 3.8) is 0 Å². The van der Waals surface area contributed by atoms with Crippen LogP contribution in [0.5, 0.6) is 0 Å². The van der Waals surface area contributed by atoms with Gasteiger partial charge in [-0.2, -0.15) is 0 Å². The summed E-state index contributed by atoms with van der Waals surface area (Å²) in [6, 6.07) is 0.840. The monoisotopic (exact) mass is 170 g/mol. The van der Waals surface area contributed by atoms with Crippen LogP contribution in [0.4, 0.5) is 0 Å². The van der Waals surface area contributed by atoms with Gasteiger partial charge in [0, 0.05) is 19.1 Å². The van der Waals surface area contributed by atoms with Crippen LogP contribution in [0.2, 0.25) is 0 Å². The van der Waals surface area contributed by atoms with Gasteiger partial charge in [0.15, 0.2) is 0 Å². The van der Waals surface area contributed by atoms with E-state index in [1.165, 1.54) is 38.6 Å². The average molecular weight is 170 g/mol. The van der Waals surface area contributed by atoms with Crippen molar-refractivity contribution in [3.05, 3.63) is 0 Å². The molecule has 0 aromatic heterocycles. The molecule has 1 fully saturated rings. The second-order valence-electron chi connectivity index (χ2n) is 3.71. The molecule has 2 nitrogen and oxygen atoms in total. The van der Waals surface area contributed by atoms with Crippen molar-refractivity contribution in [2.75, 3.05) is 19.6 Å². The molecule has 0 atom stereocenters. The van der Waals surface area contributed by atoms with Crippen LogP contribution in [0.25, 0.3) is 0 Å². The molecule has 0 aromatic carbocycles. The van der Waals surface area contributed by atoms with Gasteiger partial charge in [-0.05, 0) is 19.4 Å². The molecule has 0 aromatic rings. The SMILES string of the molecule is CCN(CCN)C1CCCCC1. The summed E-state index contributed by atoms with van der Waals surface area (Å²) in [4.78, 5) is 2.54. The molecule has 1 rings (SSSR count). The predicted octanol–water partition coefficient (Wildman–Crippen LogP) is 1.60. The van der Waals surface area contributed by atoms with Crippen LogP contribution in [0, 0.1) is 0 Å². The van der Waals surface area contributed by atoms with Crippen molar-refractivity contribution in [3.8, 4) is 0 Å². The number of rotatable bonds is 4. The molecule has 0 saturated heterocycles. The van der Waals surface area contributed by atoms with Crippen molar-refractivity contribution >= 4 is 0 Å². The fourth-order valence-electron chi connectivity index (χ4n) is 2.21. The third-order valence-corrected chi connectivity index (χ3v) is 2.91. The smallest absolute Gasteiger partial charge is 0.0107 e. The fourth-order valence-corrected chi connectivity index (χ4v) is 2.21. The van der Waals surface area contributed by atoms with Gasteiger partial charge in [-0.15, -0.1) is 0 Å². The first-order valence-electron chi connectivity index (χ1n) is 5.32. The van der Waals surface area contributed by atoms with Gasteiger partial charge in [0.25, 0.3) is 0 Å². The van der Waals surface area contributed by atoms with Crippen LogP contribution in [0.3, 0.4) is 0 Å². The Morgan fingerprint density at radius 1 is 1.25 bits per heavy atom. The molecule has 0 amide bonds. The molecule has 1 saturated carbocycles. The lowest BCUT2D eigenvalue weighted by Crippen LogP contribution is -2.39. The highest BCUT2D eigenvalue weighted by molar-refractivity contribution is 4.74. The van der Waals surface area contributed by atoms with Gasteiger partial charge >= 0.3 is 0 Å². The molecule has 0 aliphatic heterocycles. The largest absolute Gasteiger partial charge is 0.329 e. The second-order valence-corrected chi connectivity index (χ2v) is 3.71. The average Bonchev–Trinajstić information content (AvgIpc) is 2.15. The topological polar surface area (TPSA) is 29.3 Å². The first-order valence-corrected chi connectivity index (χ1v) is 5.32. The zero-order chi connectivity index (χ0) is 8.81. The van der Waals surface area contributed by atoms with E-state index in [2.05, 4.69) is 11.8 Å². The Labute approximate surface area is 76.1 Å². The summed E-state index contributed by atoms with van der Waals surface area (Å²) in [5.41, 5.74) is 5.57. The molecule has 72 valence electrons. The number of hydrogen-bond acceptors (Lipinski definition) is 2. The predicted molar refractivity (Wildman–Crippen MR) is 53.2 cm³/mol. The van der Waals surface area contributed by atoms with E-state index in [4.69, 9.17) is 5.73 Å². The highest BCUT2D eigenvalue weighted by atomic mass is 15.2. The Morgan fingerprint density at radius 3 is 2.42 bits per heavy atom. The van der Waals surface area contributed by atoms with E-state index in [9.17, 15) is 0 Å². The van der Waals surface area contributed by atoms with Crippen LogP contribution >= 0.6 is 0 Å². The quantitative estimate of drug-likeness (QED) is 0.694. The van der Waals surface area contributed by atoms with Crippen LogP contribution < -0.4 is 5.73 Å². The van der Waals surface area contributed by atoms with Crippen molar-refractivity contribution < 1.29 is 0 Å². The number of hydrogen-bond donors (Lipinski definition) is 1. The van der Waals surface area contributed by atoms with Crippen molar-refractivity contribution in [1.82, 2.24) is 4.90 Å². The molecule has 0 spiro atoms. The number of nitrogens with zero attached hydrogens (tertiary/aromatic N) is 1. The highest BCUT2D eigenvalue weighted by Crippen LogP contribution is 2.21. The van der Waals surface area contributed by atoms with Crippen LogP contribution in [-0.4, -0.2) is 30.6 Å². The third kappa shape index (κ3) is 2.76. The van der Waals surface area contributed by atoms with E-state index in [1.807, 2.05) is 0 Å². The van der Waals surface area contributed by atoms with Gasteiger partial charge in [0.05, 0.1) is 0 Å². The summed E-state index contributed by atoms with van der Waals surface area (Å²) < 4.78 is 0. The molecule has 2 heteroatoms.